The number of benzene rings is 1. The van der Waals surface area contributed by atoms with E-state index in [-0.39, 0.29) is 10.8 Å². The Hall–Kier alpha value is -1.31. The van der Waals surface area contributed by atoms with Gasteiger partial charge in [-0.2, -0.15) is 0 Å². The lowest BCUT2D eigenvalue weighted by molar-refractivity contribution is -0.125. The monoisotopic (exact) mass is 258 g/mol. The van der Waals surface area contributed by atoms with Gasteiger partial charge in [-0.15, -0.1) is 0 Å². The Morgan fingerprint density at radius 3 is 2.53 bits per heavy atom. The molecule has 0 aliphatic heterocycles. The second-order valence-electron chi connectivity index (χ2n) is 6.73. The average molecular weight is 258 g/mol. The van der Waals surface area contributed by atoms with E-state index in [0.717, 1.165) is 37.9 Å². The largest absolute Gasteiger partial charge is 0.497 e. The molecule has 3 rings (SSSR count). The highest BCUT2D eigenvalue weighted by atomic mass is 16.5. The number of methoxy groups -OCH3 is 1. The molecule has 2 heteroatoms. The maximum atomic E-state index is 12.5. The van der Waals surface area contributed by atoms with E-state index >= 15 is 0 Å². The Balaban J connectivity index is 2.02. The molecule has 0 N–H and O–H groups in total. The number of carbonyl (C=O) groups is 1. The van der Waals surface area contributed by atoms with Crippen molar-refractivity contribution in [3.8, 4) is 5.75 Å². The number of fused-ring (bicyclic) bond motifs is 1. The van der Waals surface area contributed by atoms with Crippen LogP contribution in [0.1, 0.15) is 44.2 Å². The van der Waals surface area contributed by atoms with Crippen LogP contribution in [0.2, 0.25) is 0 Å². The highest BCUT2D eigenvalue weighted by molar-refractivity contribution is 5.89. The van der Waals surface area contributed by atoms with E-state index in [1.165, 1.54) is 11.1 Å². The van der Waals surface area contributed by atoms with Gasteiger partial charge in [-0.25, -0.2) is 0 Å². The van der Waals surface area contributed by atoms with Crippen LogP contribution in [-0.4, -0.2) is 12.9 Å². The fourth-order valence-electron chi connectivity index (χ4n) is 3.73. The van der Waals surface area contributed by atoms with Gasteiger partial charge in [0.15, 0.2) is 0 Å². The van der Waals surface area contributed by atoms with E-state index < -0.39 is 0 Å². The number of rotatable bonds is 1. The second kappa shape index (κ2) is 4.09. The van der Waals surface area contributed by atoms with Crippen molar-refractivity contribution < 1.29 is 9.53 Å². The summed E-state index contributed by atoms with van der Waals surface area (Å²) in [5, 5.41) is 0. The SMILES string of the molecule is COc1ccc2c(c1)CC1(CC1(C)C)C(=O)CCC2. The van der Waals surface area contributed by atoms with Crippen LogP contribution in [0.15, 0.2) is 18.2 Å². The van der Waals surface area contributed by atoms with Crippen molar-refractivity contribution >= 4 is 5.78 Å². The summed E-state index contributed by atoms with van der Waals surface area (Å²) in [4.78, 5) is 12.5. The summed E-state index contributed by atoms with van der Waals surface area (Å²) < 4.78 is 5.33. The Bertz CT molecular complexity index is 530. The van der Waals surface area contributed by atoms with Gasteiger partial charge in [-0.3, -0.25) is 4.79 Å². The first kappa shape index (κ1) is 12.7. The van der Waals surface area contributed by atoms with E-state index in [2.05, 4.69) is 26.0 Å². The minimum Gasteiger partial charge on any atom is -0.497 e. The van der Waals surface area contributed by atoms with Crippen LogP contribution in [-0.2, 0) is 17.6 Å². The fourth-order valence-corrected chi connectivity index (χ4v) is 3.73. The number of aryl methyl sites for hydroxylation is 1. The molecule has 19 heavy (non-hydrogen) atoms. The zero-order chi connectivity index (χ0) is 13.7. The predicted molar refractivity (Wildman–Crippen MR) is 75.5 cm³/mol. The maximum absolute atomic E-state index is 12.5. The molecule has 1 atom stereocenters. The molecule has 102 valence electrons. The minimum absolute atomic E-state index is 0.103. The Morgan fingerprint density at radius 1 is 1.16 bits per heavy atom. The number of hydrogen-bond donors (Lipinski definition) is 0. The topological polar surface area (TPSA) is 26.3 Å². The quantitative estimate of drug-likeness (QED) is 0.770. The smallest absolute Gasteiger partial charge is 0.139 e. The van der Waals surface area contributed by atoms with Crippen molar-refractivity contribution in [3.05, 3.63) is 29.3 Å². The standard InChI is InChI=1S/C17H22O2/c1-16(2)11-17(16)10-13-9-14(19-3)8-7-12(13)5-4-6-15(17)18/h7-9H,4-6,10-11H2,1-3H3. The lowest BCUT2D eigenvalue weighted by Gasteiger charge is -2.24. The Morgan fingerprint density at radius 2 is 1.89 bits per heavy atom. The number of hydrogen-bond acceptors (Lipinski definition) is 2. The van der Waals surface area contributed by atoms with Gasteiger partial charge >= 0.3 is 0 Å². The summed E-state index contributed by atoms with van der Waals surface area (Å²) in [6.45, 7) is 4.46. The van der Waals surface area contributed by atoms with Gasteiger partial charge in [-0.1, -0.05) is 19.9 Å². The summed E-state index contributed by atoms with van der Waals surface area (Å²) in [6, 6.07) is 6.34. The van der Waals surface area contributed by atoms with Crippen LogP contribution in [0.4, 0.5) is 0 Å². The molecule has 0 amide bonds. The summed E-state index contributed by atoms with van der Waals surface area (Å²) in [5.74, 6) is 1.38. The first-order valence-corrected chi connectivity index (χ1v) is 7.18. The van der Waals surface area contributed by atoms with E-state index in [9.17, 15) is 4.79 Å². The normalized spacial score (nSPS) is 28.5. The van der Waals surface area contributed by atoms with Gasteiger partial charge in [0.2, 0.25) is 0 Å². The molecule has 0 aromatic heterocycles. The molecule has 0 heterocycles. The molecule has 1 aromatic rings. The van der Waals surface area contributed by atoms with Crippen LogP contribution in [0.3, 0.4) is 0 Å². The predicted octanol–water partition coefficient (Wildman–Crippen LogP) is 3.56. The Labute approximate surface area is 115 Å². The first-order chi connectivity index (χ1) is 8.98. The van der Waals surface area contributed by atoms with E-state index in [1.54, 1.807) is 7.11 Å². The zero-order valence-electron chi connectivity index (χ0n) is 12.1. The number of Topliss-reactive ketones (excluding diaryl/α,β-unsaturated/α-hetero) is 1. The maximum Gasteiger partial charge on any atom is 0.139 e. The summed E-state index contributed by atoms with van der Waals surface area (Å²) in [6.07, 6.45) is 4.67. The van der Waals surface area contributed by atoms with Crippen molar-refractivity contribution in [3.63, 3.8) is 0 Å². The van der Waals surface area contributed by atoms with Crippen LogP contribution in [0.25, 0.3) is 0 Å². The van der Waals surface area contributed by atoms with E-state index in [4.69, 9.17) is 4.74 Å². The van der Waals surface area contributed by atoms with Crippen LogP contribution in [0.5, 0.6) is 5.75 Å². The Kier molecular flexibility index (Phi) is 2.74. The molecule has 0 bridgehead atoms. The summed E-state index contributed by atoms with van der Waals surface area (Å²) in [5.41, 5.74) is 2.78. The number of ether oxygens (including phenoxy) is 1. The van der Waals surface area contributed by atoms with Crippen molar-refractivity contribution in [2.45, 2.75) is 46.0 Å². The van der Waals surface area contributed by atoms with Crippen molar-refractivity contribution in [1.82, 2.24) is 0 Å². The molecule has 1 saturated carbocycles. The minimum atomic E-state index is -0.103. The average Bonchev–Trinajstić information content (AvgIpc) is 2.92. The van der Waals surface area contributed by atoms with Crippen LogP contribution in [0, 0.1) is 10.8 Å². The summed E-state index contributed by atoms with van der Waals surface area (Å²) in [7, 11) is 1.70. The number of carbonyl (C=O) groups excluding carboxylic acids is 1. The van der Waals surface area contributed by atoms with Crippen LogP contribution < -0.4 is 4.74 Å². The molecule has 2 aliphatic carbocycles. The lowest BCUT2D eigenvalue weighted by atomic mass is 9.79. The fraction of sp³-hybridized carbons (Fsp3) is 0.588. The molecule has 1 unspecified atom stereocenters. The highest BCUT2D eigenvalue weighted by Crippen LogP contribution is 2.66. The van der Waals surface area contributed by atoms with Gasteiger partial charge in [0.1, 0.15) is 11.5 Å². The number of ketones is 1. The summed E-state index contributed by atoms with van der Waals surface area (Å²) >= 11 is 0. The van der Waals surface area contributed by atoms with Crippen molar-refractivity contribution in [1.29, 1.82) is 0 Å². The molecule has 0 radical (unpaired) electrons. The molecule has 1 fully saturated rings. The third-order valence-electron chi connectivity index (χ3n) is 5.20. The highest BCUT2D eigenvalue weighted by Gasteiger charge is 2.64. The van der Waals surface area contributed by atoms with E-state index in [0.29, 0.717) is 5.78 Å². The van der Waals surface area contributed by atoms with Gasteiger partial charge in [0, 0.05) is 11.8 Å². The third kappa shape index (κ3) is 1.89. The molecule has 2 nitrogen and oxygen atoms in total. The molecular formula is C17H22O2. The molecular weight excluding hydrogens is 236 g/mol. The third-order valence-corrected chi connectivity index (χ3v) is 5.20. The lowest BCUT2D eigenvalue weighted by Crippen LogP contribution is -2.26. The van der Waals surface area contributed by atoms with E-state index in [1.807, 2.05) is 6.07 Å². The van der Waals surface area contributed by atoms with Gasteiger partial charge in [-0.05, 0) is 54.4 Å². The second-order valence-corrected chi connectivity index (χ2v) is 6.73. The van der Waals surface area contributed by atoms with Gasteiger partial charge in [0.05, 0.1) is 7.11 Å². The van der Waals surface area contributed by atoms with Gasteiger partial charge in [0.25, 0.3) is 0 Å². The van der Waals surface area contributed by atoms with Crippen molar-refractivity contribution in [2.75, 3.05) is 7.11 Å². The molecule has 2 aliphatic rings. The van der Waals surface area contributed by atoms with Gasteiger partial charge < -0.3 is 4.74 Å². The molecule has 1 spiro atoms. The zero-order valence-corrected chi connectivity index (χ0v) is 12.1. The molecule has 0 saturated heterocycles. The molecule has 1 aromatic carbocycles. The first-order valence-electron chi connectivity index (χ1n) is 7.18. The van der Waals surface area contributed by atoms with Crippen molar-refractivity contribution in [2.24, 2.45) is 10.8 Å². The van der Waals surface area contributed by atoms with Crippen LogP contribution >= 0.6 is 0 Å².